The van der Waals surface area contributed by atoms with Gasteiger partial charge in [0.1, 0.15) is 12.1 Å². The van der Waals surface area contributed by atoms with Gasteiger partial charge in [0.2, 0.25) is 0 Å². The second-order valence-electron chi connectivity index (χ2n) is 11.9. The number of hydrogen-bond acceptors (Lipinski definition) is 10. The molecular formula is C27H48N8O8. The molecule has 43 heavy (non-hydrogen) atoms. The summed E-state index contributed by atoms with van der Waals surface area (Å²) in [6.07, 6.45) is 3.89. The van der Waals surface area contributed by atoms with Crippen LogP contribution in [0, 0.1) is 5.92 Å². The monoisotopic (exact) mass is 612 g/mol. The standard InChI is InChI=1S/2C13H22N4O4.CH4/c1-15-5-9(6-15)8-21-14-12(18)11-4-3-10-7-16(11)13(19)17(10)20-2;1-15-6-5-10(15)8-21-14-12(18)11-4-3-9-7-16(11)13(19)17(9)20-2;/h2*9-11H,3-8H2,1-2H3,(H,14,18);1H4/t10-,11+;9-,10+,11+;/m11./s1. The van der Waals surface area contributed by atoms with Crippen molar-refractivity contribution in [3.63, 3.8) is 0 Å². The molecule has 6 heterocycles. The Morgan fingerprint density at radius 2 is 1.23 bits per heavy atom. The van der Waals surface area contributed by atoms with Crippen LogP contribution in [0.5, 0.6) is 0 Å². The lowest BCUT2D eigenvalue weighted by Crippen LogP contribution is -2.52. The summed E-state index contributed by atoms with van der Waals surface area (Å²) < 4.78 is 0. The molecule has 0 saturated carbocycles. The van der Waals surface area contributed by atoms with E-state index in [2.05, 4.69) is 20.8 Å². The van der Waals surface area contributed by atoms with Crippen LogP contribution < -0.4 is 11.0 Å². The first kappa shape index (κ1) is 33.1. The third-order valence-electron chi connectivity index (χ3n) is 9.16. The molecular weight excluding hydrogens is 564 g/mol. The molecule has 0 aromatic heterocycles. The van der Waals surface area contributed by atoms with Gasteiger partial charge in [-0.1, -0.05) is 7.43 Å². The van der Waals surface area contributed by atoms with Gasteiger partial charge in [-0.3, -0.25) is 28.9 Å². The SMILES string of the molecule is C.CON1C(=O)N2C[C@H]1CC[C@H]2C(=O)NOCC1CN(C)C1.CON1C(=O)N2C[C@H]1CC[C@H]2C(=O)NOC[C@@H]1CCN1C. The molecule has 0 radical (unpaired) electrons. The molecule has 0 aromatic rings. The molecule has 16 nitrogen and oxygen atoms in total. The molecule has 0 spiro atoms. The fourth-order valence-electron chi connectivity index (χ4n) is 6.56. The Labute approximate surface area is 253 Å². The summed E-state index contributed by atoms with van der Waals surface area (Å²) in [6, 6.07) is -0.918. The number of nitrogens with one attached hydrogen (secondary N) is 2. The molecule has 6 fully saturated rings. The Kier molecular flexibility index (Phi) is 11.1. The van der Waals surface area contributed by atoms with Gasteiger partial charge in [-0.25, -0.2) is 20.5 Å². The van der Waals surface area contributed by atoms with Crippen molar-refractivity contribution in [2.75, 3.05) is 74.3 Å². The van der Waals surface area contributed by atoms with Gasteiger partial charge in [0.05, 0.1) is 39.5 Å². The van der Waals surface area contributed by atoms with Crippen LogP contribution in [-0.4, -0.2) is 158 Å². The number of fused-ring (bicyclic) bond motifs is 4. The summed E-state index contributed by atoms with van der Waals surface area (Å²) >= 11 is 0. The lowest BCUT2D eigenvalue weighted by Gasteiger charge is -2.37. The highest BCUT2D eigenvalue weighted by atomic mass is 16.7. The molecule has 2 N–H and O–H groups in total. The smallest absolute Gasteiger partial charge is 0.309 e. The molecule has 16 heteroatoms. The van der Waals surface area contributed by atoms with Crippen molar-refractivity contribution in [3.05, 3.63) is 0 Å². The van der Waals surface area contributed by atoms with Crippen molar-refractivity contribution in [3.8, 4) is 0 Å². The normalized spacial score (nSPS) is 30.3. The highest BCUT2D eigenvalue weighted by Gasteiger charge is 2.49. The zero-order valence-corrected chi connectivity index (χ0v) is 24.9. The summed E-state index contributed by atoms with van der Waals surface area (Å²) in [5.74, 6) is -0.0161. The Bertz CT molecular complexity index is 1020. The van der Waals surface area contributed by atoms with Crippen LogP contribution in [0.1, 0.15) is 39.5 Å². The van der Waals surface area contributed by atoms with Crippen LogP contribution in [0.25, 0.3) is 0 Å². The molecule has 6 rings (SSSR count). The van der Waals surface area contributed by atoms with E-state index in [4.69, 9.17) is 19.4 Å². The summed E-state index contributed by atoms with van der Waals surface area (Å²) in [5.41, 5.74) is 4.98. The number of hydroxylamine groups is 6. The first-order chi connectivity index (χ1) is 20.2. The van der Waals surface area contributed by atoms with E-state index >= 15 is 0 Å². The van der Waals surface area contributed by atoms with Gasteiger partial charge in [0.15, 0.2) is 0 Å². The number of piperidine rings is 2. The molecule has 6 amide bonds. The van der Waals surface area contributed by atoms with Crippen LogP contribution in [0.4, 0.5) is 9.59 Å². The van der Waals surface area contributed by atoms with Gasteiger partial charge in [0, 0.05) is 38.1 Å². The minimum atomic E-state index is -0.465. The Balaban J connectivity index is 0.000000192. The number of carbonyl (C=O) groups excluding carboxylic acids is 4. The molecule has 6 aliphatic rings. The molecule has 6 aliphatic heterocycles. The second-order valence-corrected chi connectivity index (χ2v) is 11.9. The van der Waals surface area contributed by atoms with Crippen molar-refractivity contribution in [1.82, 2.24) is 40.7 Å². The number of likely N-dealkylation sites (tertiary alicyclic amines) is 2. The first-order valence-electron chi connectivity index (χ1n) is 14.7. The maximum atomic E-state index is 12.2. The van der Waals surface area contributed by atoms with E-state index in [0.717, 1.165) is 38.9 Å². The number of likely N-dealkylation sites (N-methyl/N-ethyl adjacent to an activating group) is 1. The number of carbonyl (C=O) groups is 4. The third kappa shape index (κ3) is 6.99. The number of hydrogen-bond donors (Lipinski definition) is 2. The Morgan fingerprint density at radius 1 is 0.744 bits per heavy atom. The average Bonchev–Trinajstić information content (AvgIpc) is 3.36. The zero-order valence-electron chi connectivity index (χ0n) is 24.9. The Morgan fingerprint density at radius 3 is 1.63 bits per heavy atom. The first-order valence-corrected chi connectivity index (χ1v) is 14.7. The van der Waals surface area contributed by atoms with E-state index in [-0.39, 0.29) is 43.4 Å². The lowest BCUT2D eigenvalue weighted by atomic mass is 10.0. The average molecular weight is 613 g/mol. The van der Waals surface area contributed by atoms with E-state index in [1.807, 2.05) is 14.1 Å². The van der Waals surface area contributed by atoms with Gasteiger partial charge in [-0.15, -0.1) is 0 Å². The summed E-state index contributed by atoms with van der Waals surface area (Å²) in [5, 5.41) is 2.72. The van der Waals surface area contributed by atoms with Gasteiger partial charge < -0.3 is 19.6 Å². The molecule has 6 saturated heterocycles. The molecule has 4 bridgehead atoms. The summed E-state index contributed by atoms with van der Waals surface area (Å²) in [6.45, 7) is 5.14. The topological polar surface area (TPSA) is 149 Å². The molecule has 5 atom stereocenters. The van der Waals surface area contributed by atoms with Crippen molar-refractivity contribution in [2.45, 2.75) is 69.7 Å². The number of urea groups is 2. The Hall–Kier alpha value is -2.76. The molecule has 0 aliphatic carbocycles. The van der Waals surface area contributed by atoms with Crippen LogP contribution in [0.2, 0.25) is 0 Å². The third-order valence-corrected chi connectivity index (χ3v) is 9.16. The van der Waals surface area contributed by atoms with Crippen molar-refractivity contribution >= 4 is 23.9 Å². The lowest BCUT2D eigenvalue weighted by molar-refractivity contribution is -0.142. The van der Waals surface area contributed by atoms with E-state index in [1.54, 1.807) is 9.80 Å². The summed E-state index contributed by atoms with van der Waals surface area (Å²) in [4.78, 5) is 76.8. The highest BCUT2D eigenvalue weighted by Crippen LogP contribution is 2.31. The van der Waals surface area contributed by atoms with Crippen molar-refractivity contribution < 1.29 is 38.5 Å². The van der Waals surface area contributed by atoms with E-state index in [0.29, 0.717) is 51.1 Å². The minimum Gasteiger partial charge on any atom is -0.309 e. The fourth-order valence-corrected chi connectivity index (χ4v) is 6.56. The van der Waals surface area contributed by atoms with Crippen LogP contribution >= 0.6 is 0 Å². The highest BCUT2D eigenvalue weighted by molar-refractivity contribution is 5.88. The molecule has 0 unspecified atom stereocenters. The predicted octanol–water partition coefficient (Wildman–Crippen LogP) is -0.370. The predicted molar refractivity (Wildman–Crippen MR) is 152 cm³/mol. The van der Waals surface area contributed by atoms with Crippen molar-refractivity contribution in [2.24, 2.45) is 5.92 Å². The van der Waals surface area contributed by atoms with Crippen molar-refractivity contribution in [1.29, 1.82) is 0 Å². The summed E-state index contributed by atoms with van der Waals surface area (Å²) in [7, 11) is 7.04. The largest absolute Gasteiger partial charge is 0.345 e. The van der Waals surface area contributed by atoms with E-state index in [1.165, 1.54) is 24.3 Å². The number of rotatable bonds is 10. The van der Waals surface area contributed by atoms with Crippen LogP contribution in [0.15, 0.2) is 0 Å². The van der Waals surface area contributed by atoms with Gasteiger partial charge >= 0.3 is 12.1 Å². The van der Waals surface area contributed by atoms with Gasteiger partial charge in [0.25, 0.3) is 11.8 Å². The molecule has 0 aromatic carbocycles. The van der Waals surface area contributed by atoms with Crippen LogP contribution in [-0.2, 0) is 28.9 Å². The van der Waals surface area contributed by atoms with Crippen LogP contribution in [0.3, 0.4) is 0 Å². The second kappa shape index (κ2) is 14.3. The quantitative estimate of drug-likeness (QED) is 0.313. The van der Waals surface area contributed by atoms with Gasteiger partial charge in [-0.05, 0) is 52.7 Å². The number of nitrogens with zero attached hydrogens (tertiary/aromatic N) is 6. The van der Waals surface area contributed by atoms with Gasteiger partial charge in [-0.2, -0.15) is 10.1 Å². The minimum absolute atomic E-state index is 0. The molecule has 244 valence electrons. The maximum absolute atomic E-state index is 12.2. The van der Waals surface area contributed by atoms with E-state index < -0.39 is 12.1 Å². The maximum Gasteiger partial charge on any atom is 0.345 e. The zero-order chi connectivity index (χ0) is 30.0. The number of amides is 6. The van der Waals surface area contributed by atoms with E-state index in [9.17, 15) is 19.2 Å². The fraction of sp³-hybridized carbons (Fsp3) is 0.852.